The van der Waals surface area contributed by atoms with Crippen LogP contribution in [0.5, 0.6) is 0 Å². The predicted molar refractivity (Wildman–Crippen MR) is 80.0 cm³/mol. The minimum absolute atomic E-state index is 0.137. The molecule has 0 aliphatic heterocycles. The van der Waals surface area contributed by atoms with Crippen molar-refractivity contribution in [2.24, 2.45) is 0 Å². The van der Waals surface area contributed by atoms with Gasteiger partial charge in [0, 0.05) is 19.4 Å². The number of hydrogen-bond acceptors (Lipinski definition) is 3. The monoisotopic (exact) mass is 293 g/mol. The van der Waals surface area contributed by atoms with Crippen LogP contribution in [0.25, 0.3) is 0 Å². The number of amides is 1. The van der Waals surface area contributed by atoms with Crippen LogP contribution in [0.3, 0.4) is 0 Å². The molecule has 1 aromatic rings. The second-order valence-electron chi connectivity index (χ2n) is 5.17. The third-order valence-corrected chi connectivity index (χ3v) is 2.92. The van der Waals surface area contributed by atoms with Gasteiger partial charge < -0.3 is 15.2 Å². The third-order valence-electron chi connectivity index (χ3n) is 2.92. The zero-order valence-corrected chi connectivity index (χ0v) is 12.5. The van der Waals surface area contributed by atoms with Crippen molar-refractivity contribution in [3.63, 3.8) is 0 Å². The Hall–Kier alpha value is -1.88. The fourth-order valence-corrected chi connectivity index (χ4v) is 1.87. The highest BCUT2D eigenvalue weighted by Crippen LogP contribution is 2.04. The molecular weight excluding hydrogens is 270 g/mol. The van der Waals surface area contributed by atoms with Crippen molar-refractivity contribution in [3.05, 3.63) is 35.9 Å². The minimum atomic E-state index is -1.02. The molecule has 1 atom stereocenters. The summed E-state index contributed by atoms with van der Waals surface area (Å²) >= 11 is 0. The molecule has 0 aliphatic rings. The Morgan fingerprint density at radius 3 is 2.48 bits per heavy atom. The highest BCUT2D eigenvalue weighted by atomic mass is 16.5. The molecule has 0 unspecified atom stereocenters. The van der Waals surface area contributed by atoms with E-state index in [0.29, 0.717) is 13.0 Å². The van der Waals surface area contributed by atoms with E-state index >= 15 is 0 Å². The molecule has 0 spiro atoms. The topological polar surface area (TPSA) is 75.6 Å². The molecule has 0 aromatic heterocycles. The van der Waals surface area contributed by atoms with Crippen LogP contribution in [-0.4, -0.2) is 35.7 Å². The maximum absolute atomic E-state index is 11.8. The molecule has 0 radical (unpaired) electrons. The van der Waals surface area contributed by atoms with Crippen LogP contribution in [0.4, 0.5) is 0 Å². The number of hydrogen-bond donors (Lipinski definition) is 2. The van der Waals surface area contributed by atoms with E-state index in [2.05, 4.69) is 5.32 Å². The number of carbonyl (C=O) groups is 2. The van der Waals surface area contributed by atoms with Gasteiger partial charge in [0.15, 0.2) is 0 Å². The lowest BCUT2D eigenvalue weighted by Crippen LogP contribution is -2.42. The summed E-state index contributed by atoms with van der Waals surface area (Å²) < 4.78 is 5.34. The molecule has 0 bridgehead atoms. The molecule has 1 amide bonds. The Kier molecular flexibility index (Phi) is 7.46. The van der Waals surface area contributed by atoms with Gasteiger partial charge in [0.05, 0.1) is 6.10 Å². The molecule has 5 nitrogen and oxygen atoms in total. The average Bonchev–Trinajstić information content (AvgIpc) is 2.44. The van der Waals surface area contributed by atoms with Crippen LogP contribution in [0, 0.1) is 0 Å². The van der Waals surface area contributed by atoms with E-state index in [0.717, 1.165) is 5.56 Å². The lowest BCUT2D eigenvalue weighted by atomic mass is 10.1. The number of benzene rings is 1. The van der Waals surface area contributed by atoms with Crippen LogP contribution < -0.4 is 5.32 Å². The first-order valence-corrected chi connectivity index (χ1v) is 7.16. The van der Waals surface area contributed by atoms with Gasteiger partial charge in [-0.25, -0.2) is 4.79 Å². The molecule has 1 aromatic carbocycles. The summed E-state index contributed by atoms with van der Waals surface area (Å²) in [6, 6.07) is 8.36. The van der Waals surface area contributed by atoms with Gasteiger partial charge in [-0.2, -0.15) is 0 Å². The Morgan fingerprint density at radius 2 is 1.90 bits per heavy atom. The van der Waals surface area contributed by atoms with Crippen LogP contribution in [0.1, 0.15) is 32.3 Å². The third kappa shape index (κ3) is 7.46. The minimum Gasteiger partial charge on any atom is -0.480 e. The second-order valence-corrected chi connectivity index (χ2v) is 5.17. The van der Waals surface area contributed by atoms with Gasteiger partial charge in [0.1, 0.15) is 6.04 Å². The van der Waals surface area contributed by atoms with Gasteiger partial charge in [-0.1, -0.05) is 30.3 Å². The van der Waals surface area contributed by atoms with Crippen molar-refractivity contribution >= 4 is 11.9 Å². The normalized spacial score (nSPS) is 12.1. The van der Waals surface area contributed by atoms with E-state index in [1.54, 1.807) is 0 Å². The first-order valence-electron chi connectivity index (χ1n) is 7.16. The first kappa shape index (κ1) is 17.2. The summed E-state index contributed by atoms with van der Waals surface area (Å²) in [5.41, 5.74) is 0.883. The lowest BCUT2D eigenvalue weighted by Gasteiger charge is -2.15. The van der Waals surface area contributed by atoms with Crippen molar-refractivity contribution in [1.29, 1.82) is 0 Å². The van der Waals surface area contributed by atoms with Crippen molar-refractivity contribution in [3.8, 4) is 0 Å². The fraction of sp³-hybridized carbons (Fsp3) is 0.500. The van der Waals surface area contributed by atoms with Crippen LogP contribution in [0.2, 0.25) is 0 Å². The maximum Gasteiger partial charge on any atom is 0.326 e. The van der Waals surface area contributed by atoms with E-state index in [4.69, 9.17) is 4.74 Å². The fourth-order valence-electron chi connectivity index (χ4n) is 1.87. The van der Waals surface area contributed by atoms with E-state index in [-0.39, 0.29) is 24.9 Å². The van der Waals surface area contributed by atoms with Crippen LogP contribution in [-0.2, 0) is 20.7 Å². The number of carboxylic acid groups (broad SMARTS) is 1. The smallest absolute Gasteiger partial charge is 0.326 e. The number of aliphatic carboxylic acids is 1. The van der Waals surface area contributed by atoms with Gasteiger partial charge >= 0.3 is 5.97 Å². The van der Waals surface area contributed by atoms with Gasteiger partial charge in [-0.15, -0.1) is 0 Å². The molecular formula is C16H23NO4. The standard InChI is InChI=1S/C16H23NO4/c1-12(2)21-10-6-9-15(18)17-14(16(19)20)11-13-7-4-3-5-8-13/h3-5,7-8,12,14H,6,9-11H2,1-2H3,(H,17,18)(H,19,20)/t14-/m0/s1. The maximum atomic E-state index is 11.8. The summed E-state index contributed by atoms with van der Waals surface area (Å²) in [5.74, 6) is -1.28. The molecule has 0 fully saturated rings. The first-order chi connectivity index (χ1) is 9.99. The van der Waals surface area contributed by atoms with Gasteiger partial charge in [-0.05, 0) is 25.8 Å². The quantitative estimate of drug-likeness (QED) is 0.683. The Labute approximate surface area is 125 Å². The number of ether oxygens (including phenoxy) is 1. The molecule has 0 heterocycles. The van der Waals surface area contributed by atoms with E-state index < -0.39 is 12.0 Å². The zero-order valence-electron chi connectivity index (χ0n) is 12.5. The summed E-state index contributed by atoms with van der Waals surface area (Å²) in [5, 5.41) is 11.7. The number of rotatable bonds is 9. The summed E-state index contributed by atoms with van der Waals surface area (Å²) in [4.78, 5) is 23.0. The molecule has 5 heteroatoms. The molecule has 21 heavy (non-hydrogen) atoms. The van der Waals surface area contributed by atoms with Crippen molar-refractivity contribution in [2.75, 3.05) is 6.61 Å². The van der Waals surface area contributed by atoms with Crippen LogP contribution in [0.15, 0.2) is 30.3 Å². The molecule has 0 saturated carbocycles. The van der Waals surface area contributed by atoms with E-state index in [9.17, 15) is 14.7 Å². The Bertz CT molecular complexity index is 445. The Balaban J connectivity index is 2.40. The lowest BCUT2D eigenvalue weighted by molar-refractivity contribution is -0.141. The van der Waals surface area contributed by atoms with Gasteiger partial charge in [-0.3, -0.25) is 4.79 Å². The van der Waals surface area contributed by atoms with Crippen molar-refractivity contribution in [1.82, 2.24) is 5.32 Å². The van der Waals surface area contributed by atoms with Gasteiger partial charge in [0.2, 0.25) is 5.91 Å². The Morgan fingerprint density at radius 1 is 1.24 bits per heavy atom. The molecule has 1 rings (SSSR count). The second kappa shape index (κ2) is 9.13. The average molecular weight is 293 g/mol. The summed E-state index contributed by atoms with van der Waals surface area (Å²) in [7, 11) is 0. The summed E-state index contributed by atoms with van der Waals surface area (Å²) in [6.07, 6.45) is 1.27. The van der Waals surface area contributed by atoms with Crippen LogP contribution >= 0.6 is 0 Å². The van der Waals surface area contributed by atoms with E-state index in [1.807, 2.05) is 44.2 Å². The number of carbonyl (C=O) groups excluding carboxylic acids is 1. The molecule has 2 N–H and O–H groups in total. The molecule has 0 saturated heterocycles. The number of nitrogens with one attached hydrogen (secondary N) is 1. The van der Waals surface area contributed by atoms with Crippen molar-refractivity contribution in [2.45, 2.75) is 45.3 Å². The molecule has 116 valence electrons. The van der Waals surface area contributed by atoms with Gasteiger partial charge in [0.25, 0.3) is 0 Å². The highest BCUT2D eigenvalue weighted by molar-refractivity contribution is 5.83. The SMILES string of the molecule is CC(C)OCCCC(=O)N[C@@H](Cc1ccccc1)C(=O)O. The highest BCUT2D eigenvalue weighted by Gasteiger charge is 2.19. The summed E-state index contributed by atoms with van der Waals surface area (Å²) in [6.45, 7) is 4.36. The largest absolute Gasteiger partial charge is 0.480 e. The molecule has 0 aliphatic carbocycles. The van der Waals surface area contributed by atoms with E-state index in [1.165, 1.54) is 0 Å². The number of carboxylic acids is 1. The van der Waals surface area contributed by atoms with Crippen molar-refractivity contribution < 1.29 is 19.4 Å². The predicted octanol–water partition coefficient (Wildman–Crippen LogP) is 2.00. The zero-order chi connectivity index (χ0) is 15.7.